The summed E-state index contributed by atoms with van der Waals surface area (Å²) in [6.07, 6.45) is -1.99. The van der Waals surface area contributed by atoms with Crippen molar-refractivity contribution in [3.63, 3.8) is 0 Å². The number of carbonyl (C=O) groups excluding carboxylic acids is 2. The van der Waals surface area contributed by atoms with Gasteiger partial charge in [0, 0.05) is 19.6 Å². The molecule has 41 heavy (non-hydrogen) atoms. The summed E-state index contributed by atoms with van der Waals surface area (Å²) in [6.45, 7) is 1.76. The first kappa shape index (κ1) is 28.8. The third-order valence-electron chi connectivity index (χ3n) is 7.75. The average Bonchev–Trinajstić information content (AvgIpc) is 3.32. The Kier molecular flexibility index (Phi) is 9.05. The van der Waals surface area contributed by atoms with E-state index in [1.807, 2.05) is 72.8 Å². The normalized spacial score (nSPS) is 18.4. The van der Waals surface area contributed by atoms with Gasteiger partial charge in [0.1, 0.15) is 19.2 Å². The van der Waals surface area contributed by atoms with Gasteiger partial charge in [-0.2, -0.15) is 13.2 Å². The highest BCUT2D eigenvalue weighted by Crippen LogP contribution is 2.46. The van der Waals surface area contributed by atoms with Gasteiger partial charge in [0.05, 0.1) is 5.92 Å². The average molecular weight is 566 g/mol. The van der Waals surface area contributed by atoms with Gasteiger partial charge in [-0.3, -0.25) is 14.5 Å². The Balaban J connectivity index is 1.21. The van der Waals surface area contributed by atoms with Gasteiger partial charge < -0.3 is 15.4 Å². The smallest absolute Gasteiger partial charge is 0.405 e. The Bertz CT molecular complexity index is 1360. The lowest BCUT2D eigenvalue weighted by Gasteiger charge is -2.34. The second-order valence-corrected chi connectivity index (χ2v) is 10.5. The van der Waals surface area contributed by atoms with Crippen molar-refractivity contribution in [1.29, 1.82) is 0 Å². The van der Waals surface area contributed by atoms with Crippen molar-refractivity contribution in [3.05, 3.63) is 95.1 Å². The molecule has 2 aliphatic rings. The van der Waals surface area contributed by atoms with Crippen LogP contribution in [0.3, 0.4) is 0 Å². The molecule has 9 heteroatoms. The van der Waals surface area contributed by atoms with Crippen LogP contribution >= 0.6 is 0 Å². The molecule has 1 saturated heterocycles. The minimum atomic E-state index is -4.47. The van der Waals surface area contributed by atoms with E-state index in [1.165, 1.54) is 0 Å². The first-order valence-corrected chi connectivity index (χ1v) is 14.0. The van der Waals surface area contributed by atoms with Gasteiger partial charge in [-0.25, -0.2) is 0 Å². The molecule has 2 unspecified atom stereocenters. The number of fused-ring (bicyclic) bond motifs is 3. The zero-order valence-electron chi connectivity index (χ0n) is 22.8. The standard InChI is InChI=1S/C32H34F3N3O3/c33-32(34,35)21-37-30(39)29-25-14-5-4-13-24(25)28-23(12-8-15-26(28)29)11-6-7-17-38-18-16-36-19-27(38)31(40)41-20-22-9-2-1-3-10-22/h1-5,8-10,12-15,27,29,36H,6-7,11,16-21H2,(H,37,39). The van der Waals surface area contributed by atoms with Crippen molar-refractivity contribution in [1.82, 2.24) is 15.5 Å². The van der Waals surface area contributed by atoms with Gasteiger partial charge >= 0.3 is 12.1 Å². The summed E-state index contributed by atoms with van der Waals surface area (Å²) in [7, 11) is 0. The van der Waals surface area contributed by atoms with Gasteiger partial charge in [0.25, 0.3) is 0 Å². The molecule has 5 rings (SSSR count). The molecular formula is C32H34F3N3O3. The fourth-order valence-corrected chi connectivity index (χ4v) is 5.81. The quantitative estimate of drug-likeness (QED) is 0.273. The molecule has 0 radical (unpaired) electrons. The van der Waals surface area contributed by atoms with Crippen LogP contribution in [-0.4, -0.2) is 61.7 Å². The summed E-state index contributed by atoms with van der Waals surface area (Å²) in [4.78, 5) is 28.0. The Morgan fingerprint density at radius 3 is 2.51 bits per heavy atom. The van der Waals surface area contributed by atoms with E-state index in [-0.39, 0.29) is 18.6 Å². The molecule has 3 aromatic rings. The van der Waals surface area contributed by atoms with Gasteiger partial charge in [-0.15, -0.1) is 0 Å². The predicted molar refractivity (Wildman–Crippen MR) is 150 cm³/mol. The van der Waals surface area contributed by atoms with Gasteiger partial charge in [-0.1, -0.05) is 72.8 Å². The van der Waals surface area contributed by atoms with Crippen LogP contribution in [-0.2, 0) is 27.4 Å². The number of unbranched alkanes of at least 4 members (excludes halogenated alkanes) is 1. The lowest BCUT2D eigenvalue weighted by molar-refractivity contribution is -0.152. The highest BCUT2D eigenvalue weighted by molar-refractivity contribution is 5.97. The Hall–Kier alpha value is -3.69. The van der Waals surface area contributed by atoms with Gasteiger partial charge in [-0.05, 0) is 59.2 Å². The number of ether oxygens (including phenoxy) is 1. The Morgan fingerprint density at radius 1 is 0.951 bits per heavy atom. The summed E-state index contributed by atoms with van der Waals surface area (Å²) in [5.41, 5.74) is 5.33. The number of hydrogen-bond acceptors (Lipinski definition) is 5. The zero-order chi connectivity index (χ0) is 28.8. The van der Waals surface area contributed by atoms with E-state index in [9.17, 15) is 22.8 Å². The summed E-state index contributed by atoms with van der Waals surface area (Å²) in [5.74, 6) is -1.64. The lowest BCUT2D eigenvalue weighted by atomic mass is 9.93. The largest absolute Gasteiger partial charge is 0.460 e. The molecule has 0 bridgehead atoms. The molecule has 6 nitrogen and oxygen atoms in total. The second kappa shape index (κ2) is 12.9. The number of amides is 1. The summed E-state index contributed by atoms with van der Waals surface area (Å²) < 4.78 is 44.0. The van der Waals surface area contributed by atoms with E-state index in [2.05, 4.69) is 15.5 Å². The van der Waals surface area contributed by atoms with Crippen molar-refractivity contribution < 1.29 is 27.5 Å². The second-order valence-electron chi connectivity index (χ2n) is 10.5. The number of carbonyl (C=O) groups is 2. The van der Waals surface area contributed by atoms with Crippen molar-refractivity contribution in [2.45, 2.75) is 44.0 Å². The molecule has 0 aromatic heterocycles. The Labute approximate surface area is 237 Å². The summed E-state index contributed by atoms with van der Waals surface area (Å²) in [5, 5.41) is 5.36. The number of alkyl halides is 3. The molecule has 0 saturated carbocycles. The minimum absolute atomic E-state index is 0.228. The van der Waals surface area contributed by atoms with Gasteiger partial charge in [0.15, 0.2) is 0 Å². The monoisotopic (exact) mass is 565 g/mol. The molecule has 1 fully saturated rings. The van der Waals surface area contributed by atoms with E-state index in [0.717, 1.165) is 72.3 Å². The predicted octanol–water partition coefficient (Wildman–Crippen LogP) is 4.82. The fourth-order valence-electron chi connectivity index (χ4n) is 5.81. The fraction of sp³-hybridized carbons (Fsp3) is 0.375. The van der Waals surface area contributed by atoms with Crippen LogP contribution in [0.1, 0.15) is 41.0 Å². The summed E-state index contributed by atoms with van der Waals surface area (Å²) >= 11 is 0. The molecule has 1 amide bonds. The van der Waals surface area contributed by atoms with E-state index >= 15 is 0 Å². The maximum atomic E-state index is 12.9. The third-order valence-corrected chi connectivity index (χ3v) is 7.75. The molecule has 216 valence electrons. The first-order chi connectivity index (χ1) is 19.8. The number of aryl methyl sites for hydroxylation is 1. The van der Waals surface area contributed by atoms with E-state index in [4.69, 9.17) is 4.74 Å². The number of nitrogens with one attached hydrogen (secondary N) is 2. The van der Waals surface area contributed by atoms with Crippen LogP contribution in [0.4, 0.5) is 13.2 Å². The number of nitrogens with zero attached hydrogens (tertiary/aromatic N) is 1. The van der Waals surface area contributed by atoms with Crippen LogP contribution < -0.4 is 10.6 Å². The molecular weight excluding hydrogens is 531 g/mol. The maximum Gasteiger partial charge on any atom is 0.405 e. The molecule has 1 aliphatic heterocycles. The number of benzene rings is 3. The number of piperazine rings is 1. The molecule has 0 spiro atoms. The third kappa shape index (κ3) is 6.97. The van der Waals surface area contributed by atoms with Crippen LogP contribution in [0.15, 0.2) is 72.8 Å². The number of halogens is 3. The van der Waals surface area contributed by atoms with Crippen LogP contribution in [0.2, 0.25) is 0 Å². The molecule has 1 aliphatic carbocycles. The van der Waals surface area contributed by atoms with Gasteiger partial charge in [0.2, 0.25) is 5.91 Å². The lowest BCUT2D eigenvalue weighted by Crippen LogP contribution is -2.55. The topological polar surface area (TPSA) is 70.7 Å². The first-order valence-electron chi connectivity index (χ1n) is 14.0. The summed E-state index contributed by atoms with van der Waals surface area (Å²) in [6, 6.07) is 22.5. The SMILES string of the molecule is O=C(NCC(F)(F)F)C1c2ccccc2-c2c(CCCCN3CCNCC3C(=O)OCc3ccccc3)cccc21. The zero-order valence-corrected chi connectivity index (χ0v) is 22.8. The van der Waals surface area contributed by atoms with E-state index in [1.54, 1.807) is 0 Å². The van der Waals surface area contributed by atoms with Crippen LogP contribution in [0.5, 0.6) is 0 Å². The molecule has 1 heterocycles. The Morgan fingerprint density at radius 2 is 1.71 bits per heavy atom. The minimum Gasteiger partial charge on any atom is -0.460 e. The molecule has 2 N–H and O–H groups in total. The van der Waals surface area contributed by atoms with E-state index < -0.39 is 24.5 Å². The number of esters is 1. The van der Waals surface area contributed by atoms with Crippen molar-refractivity contribution in [2.24, 2.45) is 0 Å². The van der Waals surface area contributed by atoms with Crippen molar-refractivity contribution in [3.8, 4) is 11.1 Å². The number of hydrogen-bond donors (Lipinski definition) is 2. The van der Waals surface area contributed by atoms with E-state index in [0.29, 0.717) is 6.54 Å². The van der Waals surface area contributed by atoms with Crippen molar-refractivity contribution in [2.75, 3.05) is 32.7 Å². The molecule has 3 aromatic carbocycles. The highest BCUT2D eigenvalue weighted by atomic mass is 19.4. The number of rotatable bonds is 10. The molecule has 2 atom stereocenters. The maximum absolute atomic E-state index is 12.9. The highest BCUT2D eigenvalue weighted by Gasteiger charge is 2.37. The van der Waals surface area contributed by atoms with Crippen LogP contribution in [0, 0.1) is 0 Å². The van der Waals surface area contributed by atoms with Crippen molar-refractivity contribution >= 4 is 11.9 Å². The van der Waals surface area contributed by atoms with Crippen LogP contribution in [0.25, 0.3) is 11.1 Å².